The van der Waals surface area contributed by atoms with Gasteiger partial charge in [-0.25, -0.2) is 4.68 Å². The molecule has 0 saturated heterocycles. The van der Waals surface area contributed by atoms with Gasteiger partial charge in [0.25, 0.3) is 11.8 Å². The Morgan fingerprint density at radius 1 is 1.33 bits per heavy atom. The number of amides is 2. The molecule has 1 aromatic heterocycles. The standard InChI is InChI=1S/C12H13IN4O4/c1-21-11(20)3-2-6-17-12(13)8(14-15-17)7-16-9(18)4-5-10(16)19/h4-5H,2-3,6-7H2,1H3/i13-2. The van der Waals surface area contributed by atoms with Crippen LogP contribution in [0, 0.1) is 3.70 Å². The van der Waals surface area contributed by atoms with Crippen molar-refractivity contribution in [2.75, 3.05) is 7.11 Å². The molecule has 8 nitrogen and oxygen atoms in total. The molecule has 112 valence electrons. The summed E-state index contributed by atoms with van der Waals surface area (Å²) in [5.41, 5.74) is 0.555. The van der Waals surface area contributed by atoms with Gasteiger partial charge in [-0.1, -0.05) is 5.21 Å². The topological polar surface area (TPSA) is 94.4 Å². The number of carbonyl (C=O) groups is 3. The zero-order valence-corrected chi connectivity index (χ0v) is 13.4. The van der Waals surface area contributed by atoms with Crippen LogP contribution in [0.3, 0.4) is 0 Å². The number of aromatic nitrogens is 3. The number of esters is 1. The van der Waals surface area contributed by atoms with Gasteiger partial charge in [0.15, 0.2) is 0 Å². The second-order valence-corrected chi connectivity index (χ2v) is 5.35. The van der Waals surface area contributed by atoms with Gasteiger partial charge in [-0.2, -0.15) is 0 Å². The molecular weight excluding hydrogens is 389 g/mol. The molecule has 0 saturated carbocycles. The first-order valence-corrected chi connectivity index (χ1v) is 7.29. The molecule has 0 N–H and O–H groups in total. The predicted molar refractivity (Wildman–Crippen MR) is 78.7 cm³/mol. The summed E-state index contributed by atoms with van der Waals surface area (Å²) in [6.07, 6.45) is 3.34. The molecule has 2 heterocycles. The van der Waals surface area contributed by atoms with Gasteiger partial charge in [0, 0.05) is 25.1 Å². The fourth-order valence-electron chi connectivity index (χ4n) is 1.79. The fraction of sp³-hybridized carbons (Fsp3) is 0.417. The Hall–Kier alpha value is -1.78. The first kappa shape index (κ1) is 15.6. The van der Waals surface area contributed by atoms with Crippen LogP contribution in [0.4, 0.5) is 0 Å². The van der Waals surface area contributed by atoms with Crippen LogP contribution in [0.15, 0.2) is 12.2 Å². The lowest BCUT2D eigenvalue weighted by molar-refractivity contribution is -0.141. The molecule has 0 spiro atoms. The Labute approximate surface area is 134 Å². The molecular formula is C12H13IN4O4. The van der Waals surface area contributed by atoms with Crippen LogP contribution < -0.4 is 0 Å². The van der Waals surface area contributed by atoms with Crippen LogP contribution in [-0.4, -0.2) is 44.8 Å². The van der Waals surface area contributed by atoms with Gasteiger partial charge in [-0.05, 0) is 29.0 Å². The summed E-state index contributed by atoms with van der Waals surface area (Å²) in [4.78, 5) is 35.1. The van der Waals surface area contributed by atoms with Crippen LogP contribution in [0.1, 0.15) is 18.5 Å². The number of ether oxygens (including phenoxy) is 1. The van der Waals surface area contributed by atoms with E-state index in [-0.39, 0.29) is 24.3 Å². The van der Waals surface area contributed by atoms with Crippen molar-refractivity contribution in [3.8, 4) is 0 Å². The maximum atomic E-state index is 11.5. The smallest absolute Gasteiger partial charge is 0.305 e. The van der Waals surface area contributed by atoms with E-state index in [4.69, 9.17) is 0 Å². The highest BCUT2D eigenvalue weighted by Gasteiger charge is 2.25. The predicted octanol–water partition coefficient (Wildman–Crippen LogP) is 0.261. The quantitative estimate of drug-likeness (QED) is 0.385. The molecule has 0 aliphatic carbocycles. The highest BCUT2D eigenvalue weighted by atomic mass is 125. The van der Waals surface area contributed by atoms with Gasteiger partial charge >= 0.3 is 5.97 Å². The molecule has 1 aromatic rings. The van der Waals surface area contributed by atoms with Gasteiger partial charge < -0.3 is 4.74 Å². The maximum Gasteiger partial charge on any atom is 0.305 e. The Morgan fingerprint density at radius 3 is 2.62 bits per heavy atom. The minimum atomic E-state index is -0.351. The third kappa shape index (κ3) is 3.65. The van der Waals surface area contributed by atoms with Crippen molar-refractivity contribution in [3.05, 3.63) is 21.5 Å². The minimum absolute atomic E-state index is 0.0972. The van der Waals surface area contributed by atoms with E-state index in [2.05, 4.69) is 37.6 Å². The van der Waals surface area contributed by atoms with Crippen molar-refractivity contribution < 1.29 is 19.1 Å². The van der Waals surface area contributed by atoms with E-state index in [0.29, 0.717) is 25.1 Å². The van der Waals surface area contributed by atoms with Gasteiger partial charge in [0.2, 0.25) is 0 Å². The number of hydrogen-bond acceptors (Lipinski definition) is 6. The van der Waals surface area contributed by atoms with Gasteiger partial charge in [-0.3, -0.25) is 19.3 Å². The summed E-state index contributed by atoms with van der Waals surface area (Å²) < 4.78 is 6.94. The van der Waals surface area contributed by atoms with Gasteiger partial charge in [-0.15, -0.1) is 5.10 Å². The molecule has 0 unspecified atom stereocenters. The van der Waals surface area contributed by atoms with E-state index in [0.717, 1.165) is 8.60 Å². The molecule has 0 radical (unpaired) electrons. The van der Waals surface area contributed by atoms with E-state index >= 15 is 0 Å². The Bertz CT molecular complexity index is 592. The Kier molecular flexibility index (Phi) is 5.04. The average molecular weight is 402 g/mol. The van der Waals surface area contributed by atoms with E-state index in [1.807, 2.05) is 0 Å². The Balaban J connectivity index is 1.95. The number of methoxy groups -OCH3 is 1. The van der Waals surface area contributed by atoms with Crippen molar-refractivity contribution in [2.45, 2.75) is 25.9 Å². The largest absolute Gasteiger partial charge is 0.469 e. The lowest BCUT2D eigenvalue weighted by Crippen LogP contribution is -2.29. The molecule has 2 amide bonds. The maximum absolute atomic E-state index is 11.5. The van der Waals surface area contributed by atoms with Crippen LogP contribution in [0.2, 0.25) is 0 Å². The average Bonchev–Trinajstić information content (AvgIpc) is 2.97. The van der Waals surface area contributed by atoms with Gasteiger partial charge in [0.05, 0.1) is 13.7 Å². The van der Waals surface area contributed by atoms with Crippen LogP contribution in [0.25, 0.3) is 0 Å². The highest BCUT2D eigenvalue weighted by Crippen LogP contribution is 2.15. The number of carbonyl (C=O) groups excluding carboxylic acids is 3. The van der Waals surface area contributed by atoms with Crippen molar-refractivity contribution in [1.29, 1.82) is 0 Å². The summed E-state index contributed by atoms with van der Waals surface area (Å²) in [7, 11) is 1.35. The second kappa shape index (κ2) is 6.78. The normalized spacial score (nSPS) is 14.1. The zero-order valence-electron chi connectivity index (χ0n) is 11.3. The minimum Gasteiger partial charge on any atom is -0.469 e. The lowest BCUT2D eigenvalue weighted by Gasteiger charge is -2.11. The Morgan fingerprint density at radius 2 is 2.00 bits per heavy atom. The fourth-order valence-corrected chi connectivity index (χ4v) is 2.41. The van der Waals surface area contributed by atoms with E-state index < -0.39 is 0 Å². The first-order chi connectivity index (χ1) is 10.0. The SMILES string of the molecule is COC(=O)CCCn1nnc(CN2C(=O)C=CC2=O)c1[125I]. The molecule has 0 bridgehead atoms. The number of imide groups is 1. The van der Waals surface area contributed by atoms with E-state index in [1.54, 1.807) is 4.68 Å². The van der Waals surface area contributed by atoms with E-state index in [1.165, 1.54) is 19.3 Å². The van der Waals surface area contributed by atoms with Crippen molar-refractivity contribution in [1.82, 2.24) is 19.9 Å². The number of rotatable bonds is 6. The third-order valence-electron chi connectivity index (χ3n) is 2.93. The third-order valence-corrected chi connectivity index (χ3v) is 4.10. The second-order valence-electron chi connectivity index (χ2n) is 4.33. The molecule has 9 heteroatoms. The molecule has 2 rings (SSSR count). The monoisotopic (exact) mass is 402 g/mol. The number of halogens is 1. The van der Waals surface area contributed by atoms with Crippen LogP contribution in [0.5, 0.6) is 0 Å². The van der Waals surface area contributed by atoms with Gasteiger partial charge in [0.1, 0.15) is 9.39 Å². The number of nitrogens with zero attached hydrogens (tertiary/aromatic N) is 4. The van der Waals surface area contributed by atoms with Crippen LogP contribution in [-0.2, 0) is 32.2 Å². The lowest BCUT2D eigenvalue weighted by atomic mass is 10.3. The van der Waals surface area contributed by atoms with Crippen LogP contribution >= 0.6 is 22.6 Å². The zero-order chi connectivity index (χ0) is 15.4. The number of hydrogen-bond donors (Lipinski definition) is 0. The van der Waals surface area contributed by atoms with Crippen molar-refractivity contribution >= 4 is 40.4 Å². The molecule has 0 atom stereocenters. The summed E-state index contributed by atoms with van der Waals surface area (Å²) in [6, 6.07) is 0. The first-order valence-electron chi connectivity index (χ1n) is 6.21. The highest BCUT2D eigenvalue weighted by molar-refractivity contribution is 14.1. The summed E-state index contributed by atoms with van der Waals surface area (Å²) in [6.45, 7) is 0.612. The number of aryl methyl sites for hydroxylation is 1. The summed E-state index contributed by atoms with van der Waals surface area (Å²) in [5.74, 6) is -0.975. The summed E-state index contributed by atoms with van der Waals surface area (Å²) >= 11 is 2.06. The molecule has 1 aliphatic heterocycles. The van der Waals surface area contributed by atoms with Crippen molar-refractivity contribution in [2.24, 2.45) is 0 Å². The molecule has 0 aromatic carbocycles. The summed E-state index contributed by atoms with van der Waals surface area (Å²) in [5, 5.41) is 7.95. The van der Waals surface area contributed by atoms with Crippen molar-refractivity contribution in [3.63, 3.8) is 0 Å². The molecule has 0 fully saturated rings. The molecule has 21 heavy (non-hydrogen) atoms. The van der Waals surface area contributed by atoms with E-state index in [9.17, 15) is 14.4 Å². The molecule has 1 aliphatic rings.